The lowest BCUT2D eigenvalue weighted by Gasteiger charge is -2.24. The second-order valence-corrected chi connectivity index (χ2v) is 5.38. The number of nitrogens with zero attached hydrogens (tertiary/aromatic N) is 1. The Bertz CT molecular complexity index is 585. The monoisotopic (exact) mass is 273 g/mol. The minimum Gasteiger partial charge on any atom is -0.295 e. The summed E-state index contributed by atoms with van der Waals surface area (Å²) in [7, 11) is 0. The Balaban J connectivity index is 1.97. The van der Waals surface area contributed by atoms with Crippen molar-refractivity contribution in [2.45, 2.75) is 5.37 Å². The predicted octanol–water partition coefficient (Wildman–Crippen LogP) is 3.60. The number of hydrogen-bond acceptors (Lipinski definition) is 2. The van der Waals surface area contributed by atoms with Crippen molar-refractivity contribution in [3.05, 3.63) is 66.0 Å². The van der Waals surface area contributed by atoms with E-state index >= 15 is 0 Å². The molecule has 1 aliphatic heterocycles. The predicted molar refractivity (Wildman–Crippen MR) is 75.5 cm³/mol. The molecule has 96 valence electrons. The number of amides is 1. The maximum Gasteiger partial charge on any atom is 0.238 e. The SMILES string of the molecule is O=C1CS[C@H](c2ccccc2)N1c1ccc(F)cc1. The highest BCUT2D eigenvalue weighted by Gasteiger charge is 2.33. The fourth-order valence-corrected chi connectivity index (χ4v) is 3.35. The van der Waals surface area contributed by atoms with Gasteiger partial charge in [0.2, 0.25) is 5.91 Å². The van der Waals surface area contributed by atoms with E-state index in [9.17, 15) is 9.18 Å². The molecule has 2 aromatic carbocycles. The number of thioether (sulfide) groups is 1. The second-order valence-electron chi connectivity index (χ2n) is 4.31. The Morgan fingerprint density at radius 1 is 1.05 bits per heavy atom. The van der Waals surface area contributed by atoms with Crippen LogP contribution >= 0.6 is 11.8 Å². The Morgan fingerprint density at radius 2 is 1.74 bits per heavy atom. The van der Waals surface area contributed by atoms with Crippen LogP contribution in [0.3, 0.4) is 0 Å². The summed E-state index contributed by atoms with van der Waals surface area (Å²) in [6.45, 7) is 0. The van der Waals surface area contributed by atoms with Crippen LogP contribution in [0.2, 0.25) is 0 Å². The molecule has 0 aromatic heterocycles. The highest BCUT2D eigenvalue weighted by molar-refractivity contribution is 8.00. The minimum atomic E-state index is -0.292. The van der Waals surface area contributed by atoms with Gasteiger partial charge in [0.25, 0.3) is 0 Å². The summed E-state index contributed by atoms with van der Waals surface area (Å²) >= 11 is 1.59. The first-order valence-corrected chi connectivity index (χ1v) is 7.05. The molecule has 0 N–H and O–H groups in total. The molecule has 1 aliphatic rings. The number of benzene rings is 2. The number of anilines is 1. The van der Waals surface area contributed by atoms with Gasteiger partial charge in [-0.3, -0.25) is 9.69 Å². The third kappa shape index (κ3) is 2.36. The fraction of sp³-hybridized carbons (Fsp3) is 0.133. The Kier molecular flexibility index (Phi) is 3.25. The smallest absolute Gasteiger partial charge is 0.238 e. The number of halogens is 1. The second kappa shape index (κ2) is 5.05. The van der Waals surface area contributed by atoms with Crippen molar-refractivity contribution in [3.8, 4) is 0 Å². The maximum absolute atomic E-state index is 13.0. The lowest BCUT2D eigenvalue weighted by atomic mass is 10.2. The average Bonchev–Trinajstić information content (AvgIpc) is 2.83. The van der Waals surface area contributed by atoms with Crippen LogP contribution in [0.15, 0.2) is 54.6 Å². The molecule has 19 heavy (non-hydrogen) atoms. The van der Waals surface area contributed by atoms with Crippen molar-refractivity contribution in [2.24, 2.45) is 0 Å². The summed E-state index contributed by atoms with van der Waals surface area (Å²) in [4.78, 5) is 13.8. The summed E-state index contributed by atoms with van der Waals surface area (Å²) in [5.74, 6) is 0.224. The van der Waals surface area contributed by atoms with Gasteiger partial charge in [0, 0.05) is 5.69 Å². The molecule has 2 aromatic rings. The van der Waals surface area contributed by atoms with Crippen molar-refractivity contribution in [1.82, 2.24) is 0 Å². The van der Waals surface area contributed by atoms with E-state index in [0.29, 0.717) is 5.75 Å². The van der Waals surface area contributed by atoms with Gasteiger partial charge in [-0.1, -0.05) is 30.3 Å². The fourth-order valence-electron chi connectivity index (χ4n) is 2.17. The van der Waals surface area contributed by atoms with E-state index in [1.54, 1.807) is 28.8 Å². The molecule has 4 heteroatoms. The zero-order chi connectivity index (χ0) is 13.2. The Morgan fingerprint density at radius 3 is 2.42 bits per heavy atom. The van der Waals surface area contributed by atoms with Crippen molar-refractivity contribution in [2.75, 3.05) is 10.7 Å². The lowest BCUT2D eigenvalue weighted by molar-refractivity contribution is -0.115. The third-order valence-electron chi connectivity index (χ3n) is 3.06. The quantitative estimate of drug-likeness (QED) is 0.833. The summed E-state index contributed by atoms with van der Waals surface area (Å²) in [6.07, 6.45) is 0. The number of rotatable bonds is 2. The van der Waals surface area contributed by atoms with Crippen molar-refractivity contribution < 1.29 is 9.18 Å². The summed E-state index contributed by atoms with van der Waals surface area (Å²) in [6, 6.07) is 15.9. The molecular formula is C15H12FNOS. The van der Waals surface area contributed by atoms with Gasteiger partial charge in [0.1, 0.15) is 11.2 Å². The summed E-state index contributed by atoms with van der Waals surface area (Å²) < 4.78 is 13.0. The highest BCUT2D eigenvalue weighted by Crippen LogP contribution is 2.41. The van der Waals surface area contributed by atoms with E-state index in [4.69, 9.17) is 0 Å². The molecule has 3 rings (SSSR count). The van der Waals surface area contributed by atoms with E-state index in [-0.39, 0.29) is 17.1 Å². The molecule has 1 fully saturated rings. The number of carbonyl (C=O) groups excluding carboxylic acids is 1. The van der Waals surface area contributed by atoms with Gasteiger partial charge in [0.05, 0.1) is 5.75 Å². The maximum atomic E-state index is 13.0. The summed E-state index contributed by atoms with van der Waals surface area (Å²) in [5, 5.41) is -0.0286. The van der Waals surface area contributed by atoms with Gasteiger partial charge in [-0.15, -0.1) is 11.8 Å². The first-order chi connectivity index (χ1) is 9.25. The van der Waals surface area contributed by atoms with Crippen molar-refractivity contribution in [1.29, 1.82) is 0 Å². The number of hydrogen-bond donors (Lipinski definition) is 0. The van der Waals surface area contributed by atoms with E-state index in [0.717, 1.165) is 11.3 Å². The van der Waals surface area contributed by atoms with Crippen LogP contribution in [0.1, 0.15) is 10.9 Å². The average molecular weight is 273 g/mol. The van der Waals surface area contributed by atoms with Crippen LogP contribution in [0.5, 0.6) is 0 Å². The molecule has 0 aliphatic carbocycles. The van der Waals surface area contributed by atoms with Crippen LogP contribution in [-0.2, 0) is 4.79 Å². The Hall–Kier alpha value is -1.81. The van der Waals surface area contributed by atoms with E-state index < -0.39 is 0 Å². The van der Waals surface area contributed by atoms with Crippen molar-refractivity contribution in [3.63, 3.8) is 0 Å². The lowest BCUT2D eigenvalue weighted by Crippen LogP contribution is -2.27. The standard InChI is InChI=1S/C15H12FNOS/c16-12-6-8-13(9-7-12)17-14(18)10-19-15(17)11-4-2-1-3-5-11/h1-9,15H,10H2/t15-/m1/s1. The first kappa shape index (κ1) is 12.2. The Labute approximate surface area is 115 Å². The molecule has 0 bridgehead atoms. The molecule has 1 atom stereocenters. The number of carbonyl (C=O) groups is 1. The molecule has 2 nitrogen and oxygen atoms in total. The van der Waals surface area contributed by atoms with Crippen LogP contribution in [0.4, 0.5) is 10.1 Å². The molecule has 1 saturated heterocycles. The van der Waals surface area contributed by atoms with Gasteiger partial charge >= 0.3 is 0 Å². The van der Waals surface area contributed by atoms with Crippen molar-refractivity contribution >= 4 is 23.4 Å². The van der Waals surface area contributed by atoms with E-state index in [2.05, 4.69) is 0 Å². The largest absolute Gasteiger partial charge is 0.295 e. The first-order valence-electron chi connectivity index (χ1n) is 6.00. The highest BCUT2D eigenvalue weighted by atomic mass is 32.2. The molecule has 1 amide bonds. The molecule has 0 spiro atoms. The van der Waals surface area contributed by atoms with Crippen LogP contribution in [0, 0.1) is 5.82 Å². The van der Waals surface area contributed by atoms with E-state index in [1.807, 2.05) is 30.3 Å². The molecule has 0 unspecified atom stereocenters. The molecule has 0 saturated carbocycles. The van der Waals surface area contributed by atoms with Crippen LogP contribution < -0.4 is 4.90 Å². The van der Waals surface area contributed by atoms with Gasteiger partial charge < -0.3 is 0 Å². The van der Waals surface area contributed by atoms with Gasteiger partial charge in [-0.25, -0.2) is 4.39 Å². The van der Waals surface area contributed by atoms with Crippen LogP contribution in [0.25, 0.3) is 0 Å². The zero-order valence-electron chi connectivity index (χ0n) is 10.1. The van der Waals surface area contributed by atoms with Gasteiger partial charge in [-0.2, -0.15) is 0 Å². The molecular weight excluding hydrogens is 261 g/mol. The van der Waals surface area contributed by atoms with E-state index in [1.165, 1.54) is 12.1 Å². The normalized spacial score (nSPS) is 18.9. The van der Waals surface area contributed by atoms with Gasteiger partial charge in [-0.05, 0) is 29.8 Å². The van der Waals surface area contributed by atoms with Crippen LogP contribution in [-0.4, -0.2) is 11.7 Å². The minimum absolute atomic E-state index is 0.0286. The summed E-state index contributed by atoms with van der Waals surface area (Å²) in [5.41, 5.74) is 1.83. The van der Waals surface area contributed by atoms with Gasteiger partial charge in [0.15, 0.2) is 0 Å². The topological polar surface area (TPSA) is 20.3 Å². The molecule has 0 radical (unpaired) electrons. The third-order valence-corrected chi connectivity index (χ3v) is 4.27. The zero-order valence-corrected chi connectivity index (χ0v) is 10.9. The molecule has 1 heterocycles.